The molecule has 3 aromatic heterocycles. The average Bonchev–Trinajstić information content (AvgIpc) is 3.31. The molecule has 1 unspecified atom stereocenters. The first-order valence-corrected chi connectivity index (χ1v) is 13.0. The monoisotopic (exact) mass is 519 g/mol. The minimum atomic E-state index is -0.534. The first kappa shape index (κ1) is 24.7. The van der Waals surface area contributed by atoms with E-state index in [1.54, 1.807) is 12.1 Å². The quantitative estimate of drug-likeness (QED) is 0.392. The topological polar surface area (TPSA) is 71.3 Å². The fourth-order valence-corrected chi connectivity index (χ4v) is 5.49. The van der Waals surface area contributed by atoms with Gasteiger partial charge in [0.15, 0.2) is 5.82 Å². The highest BCUT2D eigenvalue weighted by Crippen LogP contribution is 2.33. The van der Waals surface area contributed by atoms with Crippen LogP contribution in [0.25, 0.3) is 22.2 Å². The van der Waals surface area contributed by atoms with Gasteiger partial charge in [0.2, 0.25) is 0 Å². The van der Waals surface area contributed by atoms with Gasteiger partial charge in [0.25, 0.3) is 0 Å². The number of halogens is 2. The molecule has 4 aromatic rings. The molecule has 1 N–H and O–H groups in total. The maximum atomic E-state index is 15.1. The fourth-order valence-electron chi connectivity index (χ4n) is 5.49. The Morgan fingerprint density at radius 3 is 2.53 bits per heavy atom. The van der Waals surface area contributed by atoms with Crippen molar-refractivity contribution in [3.05, 3.63) is 60.2 Å². The van der Waals surface area contributed by atoms with E-state index in [4.69, 9.17) is 4.74 Å². The Bertz CT molecular complexity index is 1460. The molecule has 0 bridgehead atoms. The van der Waals surface area contributed by atoms with Crippen LogP contribution in [0.4, 0.5) is 26.1 Å². The minimum absolute atomic E-state index is 0.00584. The van der Waals surface area contributed by atoms with E-state index in [0.717, 1.165) is 37.8 Å². The zero-order valence-corrected chi connectivity index (χ0v) is 21.8. The van der Waals surface area contributed by atoms with Crippen molar-refractivity contribution in [1.82, 2.24) is 24.4 Å². The third kappa shape index (κ3) is 4.58. The van der Waals surface area contributed by atoms with Crippen LogP contribution in [0.5, 0.6) is 0 Å². The van der Waals surface area contributed by atoms with Crippen LogP contribution >= 0.6 is 0 Å². The summed E-state index contributed by atoms with van der Waals surface area (Å²) >= 11 is 0. The molecule has 2 aliphatic heterocycles. The second-order valence-electron chi connectivity index (χ2n) is 10.3. The minimum Gasteiger partial charge on any atom is -0.371 e. The van der Waals surface area contributed by atoms with Crippen LogP contribution in [0.15, 0.2) is 42.7 Å². The number of fused-ring (bicyclic) bond motifs is 3. The first-order chi connectivity index (χ1) is 18.4. The lowest BCUT2D eigenvalue weighted by Gasteiger charge is -2.36. The third-order valence-corrected chi connectivity index (χ3v) is 7.58. The third-order valence-electron chi connectivity index (χ3n) is 7.58. The number of hydrogen-bond donors (Lipinski definition) is 1. The van der Waals surface area contributed by atoms with Crippen molar-refractivity contribution < 1.29 is 13.5 Å². The van der Waals surface area contributed by atoms with Crippen molar-refractivity contribution in [2.45, 2.75) is 38.5 Å². The van der Waals surface area contributed by atoms with E-state index in [1.165, 1.54) is 6.07 Å². The van der Waals surface area contributed by atoms with Crippen LogP contribution in [-0.4, -0.2) is 64.3 Å². The number of nitrogens with one attached hydrogen (secondary N) is 1. The highest BCUT2D eigenvalue weighted by atomic mass is 19.1. The number of aromatic nitrogens is 4. The van der Waals surface area contributed by atoms with Crippen LogP contribution in [-0.2, 0) is 11.3 Å². The van der Waals surface area contributed by atoms with Gasteiger partial charge in [-0.15, -0.1) is 0 Å². The average molecular weight is 520 g/mol. The van der Waals surface area contributed by atoms with Crippen LogP contribution in [0.3, 0.4) is 0 Å². The van der Waals surface area contributed by atoms with E-state index in [0.29, 0.717) is 47.8 Å². The molecular weight excluding hydrogens is 488 g/mol. The molecule has 8 nitrogen and oxygen atoms in total. The molecule has 0 radical (unpaired) electrons. The number of nitrogens with zero attached hydrogens (tertiary/aromatic N) is 6. The summed E-state index contributed by atoms with van der Waals surface area (Å²) in [6, 6.07) is 9.24. The summed E-state index contributed by atoms with van der Waals surface area (Å²) in [5.74, 6) is 0.662. The predicted octanol–water partition coefficient (Wildman–Crippen LogP) is 5.14. The van der Waals surface area contributed by atoms with Gasteiger partial charge in [-0.3, -0.25) is 0 Å². The van der Waals surface area contributed by atoms with Crippen molar-refractivity contribution in [2.24, 2.45) is 0 Å². The summed E-state index contributed by atoms with van der Waals surface area (Å²) < 4.78 is 37.5. The summed E-state index contributed by atoms with van der Waals surface area (Å²) in [4.78, 5) is 17.8. The molecule has 2 aliphatic rings. The number of rotatable bonds is 5. The number of piperidine rings is 1. The predicted molar refractivity (Wildman–Crippen MR) is 144 cm³/mol. The fraction of sp³-hybridized carbons (Fsp3) is 0.393. The van der Waals surface area contributed by atoms with E-state index < -0.39 is 11.6 Å². The molecule has 1 aromatic carbocycles. The molecule has 0 spiro atoms. The Kier molecular flexibility index (Phi) is 6.45. The number of imidazole rings is 1. The second kappa shape index (κ2) is 9.92. The zero-order chi connectivity index (χ0) is 26.4. The number of ether oxygens (including phenoxy) is 1. The van der Waals surface area contributed by atoms with Gasteiger partial charge in [0.1, 0.15) is 35.4 Å². The van der Waals surface area contributed by atoms with Gasteiger partial charge < -0.3 is 24.4 Å². The SMILES string of the molecule is CC1COCc2nc3c(F)cc(-c4cc(Nc5ccc(N6CCC(N(C)C)CC6)cn5)ncc4F)cc3n21. The molecule has 38 heavy (non-hydrogen) atoms. The lowest BCUT2D eigenvalue weighted by molar-refractivity contribution is 0.0621. The Morgan fingerprint density at radius 2 is 1.79 bits per heavy atom. The summed E-state index contributed by atoms with van der Waals surface area (Å²) in [6.07, 6.45) is 5.23. The molecular formula is C28H31F2N7O. The Hall–Kier alpha value is -3.63. The van der Waals surface area contributed by atoms with Gasteiger partial charge >= 0.3 is 0 Å². The van der Waals surface area contributed by atoms with Crippen molar-refractivity contribution in [2.75, 3.05) is 44.0 Å². The van der Waals surface area contributed by atoms with Gasteiger partial charge in [-0.25, -0.2) is 23.7 Å². The summed E-state index contributed by atoms with van der Waals surface area (Å²) in [5, 5.41) is 3.16. The maximum absolute atomic E-state index is 15.1. The highest BCUT2D eigenvalue weighted by molar-refractivity contribution is 5.84. The van der Waals surface area contributed by atoms with Gasteiger partial charge in [-0.05, 0) is 69.8 Å². The molecule has 5 heterocycles. The zero-order valence-electron chi connectivity index (χ0n) is 21.8. The Morgan fingerprint density at radius 1 is 1.00 bits per heavy atom. The smallest absolute Gasteiger partial charge is 0.151 e. The molecule has 10 heteroatoms. The molecule has 198 valence electrons. The molecule has 0 aliphatic carbocycles. The Balaban J connectivity index is 1.24. The van der Waals surface area contributed by atoms with Crippen molar-refractivity contribution in [1.29, 1.82) is 0 Å². The molecule has 0 saturated carbocycles. The second-order valence-corrected chi connectivity index (χ2v) is 10.3. The van der Waals surface area contributed by atoms with E-state index in [9.17, 15) is 4.39 Å². The van der Waals surface area contributed by atoms with Crippen LogP contribution in [0.1, 0.15) is 31.6 Å². The molecule has 1 saturated heterocycles. The number of anilines is 3. The van der Waals surface area contributed by atoms with Gasteiger partial charge in [-0.1, -0.05) is 0 Å². The van der Waals surface area contributed by atoms with Crippen molar-refractivity contribution in [3.63, 3.8) is 0 Å². The normalized spacial score (nSPS) is 18.3. The van der Waals surface area contributed by atoms with Crippen molar-refractivity contribution in [3.8, 4) is 11.1 Å². The molecule has 1 fully saturated rings. The lowest BCUT2D eigenvalue weighted by Crippen LogP contribution is -2.42. The largest absolute Gasteiger partial charge is 0.371 e. The van der Waals surface area contributed by atoms with Gasteiger partial charge in [-0.2, -0.15) is 0 Å². The van der Waals surface area contributed by atoms with E-state index in [1.807, 2.05) is 29.8 Å². The summed E-state index contributed by atoms with van der Waals surface area (Å²) in [6.45, 7) is 4.82. The van der Waals surface area contributed by atoms with E-state index in [2.05, 4.69) is 44.2 Å². The lowest BCUT2D eigenvalue weighted by atomic mass is 10.0. The van der Waals surface area contributed by atoms with Gasteiger partial charge in [0, 0.05) is 24.7 Å². The van der Waals surface area contributed by atoms with E-state index in [-0.39, 0.29) is 17.1 Å². The standard InChI is InChI=1S/C28H31F2N7O/c1-17-15-38-16-27-34-28-22(29)10-18(11-24(28)37(17)27)21-12-26(32-14-23(21)30)33-25-5-4-20(13-31-25)36-8-6-19(7-9-36)35(2)3/h4-5,10-14,17,19H,6-9,15-16H2,1-3H3,(H,31,32,33). The highest BCUT2D eigenvalue weighted by Gasteiger charge is 2.24. The molecule has 0 amide bonds. The number of benzene rings is 1. The van der Waals surface area contributed by atoms with Crippen LogP contribution in [0, 0.1) is 11.6 Å². The van der Waals surface area contributed by atoms with Gasteiger partial charge in [0.05, 0.1) is 36.2 Å². The summed E-state index contributed by atoms with van der Waals surface area (Å²) in [5.41, 5.74) is 2.64. The van der Waals surface area contributed by atoms with Crippen molar-refractivity contribution >= 4 is 28.4 Å². The van der Waals surface area contributed by atoms with E-state index >= 15 is 4.39 Å². The van der Waals surface area contributed by atoms with Crippen LogP contribution < -0.4 is 10.2 Å². The number of pyridine rings is 2. The van der Waals surface area contributed by atoms with Crippen LogP contribution in [0.2, 0.25) is 0 Å². The Labute approximate surface area is 220 Å². The number of hydrogen-bond acceptors (Lipinski definition) is 7. The maximum Gasteiger partial charge on any atom is 0.151 e. The summed E-state index contributed by atoms with van der Waals surface area (Å²) in [7, 11) is 4.26. The molecule has 6 rings (SSSR count). The first-order valence-electron chi connectivity index (χ1n) is 13.0. The molecule has 1 atom stereocenters.